The van der Waals surface area contributed by atoms with Gasteiger partial charge in [0.15, 0.2) is 5.76 Å². The number of ketones is 1. The van der Waals surface area contributed by atoms with Crippen LogP contribution in [-0.2, 0) is 6.54 Å². The highest BCUT2D eigenvalue weighted by atomic mass is 19.1. The van der Waals surface area contributed by atoms with Crippen LogP contribution in [0.15, 0.2) is 83.3 Å². The van der Waals surface area contributed by atoms with Gasteiger partial charge in [0.2, 0.25) is 5.78 Å². The van der Waals surface area contributed by atoms with Crippen LogP contribution in [0.3, 0.4) is 0 Å². The summed E-state index contributed by atoms with van der Waals surface area (Å²) in [6.45, 7) is 0.564. The molecule has 3 nitrogen and oxygen atoms in total. The third-order valence-corrected chi connectivity index (χ3v) is 4.22. The molecule has 3 aromatic carbocycles. The first-order chi connectivity index (χ1) is 12.7. The molecule has 0 spiro atoms. The lowest BCUT2D eigenvalue weighted by Gasteiger charge is -2.07. The van der Waals surface area contributed by atoms with E-state index in [0.717, 1.165) is 10.9 Å². The second-order valence-corrected chi connectivity index (χ2v) is 5.98. The molecule has 26 heavy (non-hydrogen) atoms. The lowest BCUT2D eigenvalue weighted by atomic mass is 10.1. The van der Waals surface area contributed by atoms with E-state index in [1.54, 1.807) is 0 Å². The van der Waals surface area contributed by atoms with Gasteiger partial charge in [0.25, 0.3) is 0 Å². The Bertz CT molecular complexity index is 1050. The number of rotatable bonds is 5. The number of fused-ring (bicyclic) bond motifs is 1. The van der Waals surface area contributed by atoms with E-state index >= 15 is 0 Å². The number of hydrogen-bond acceptors (Lipinski definition) is 3. The van der Waals surface area contributed by atoms with Gasteiger partial charge >= 0.3 is 0 Å². The topological polar surface area (TPSA) is 42.2 Å². The van der Waals surface area contributed by atoms with E-state index < -0.39 is 0 Å². The molecule has 1 N–H and O–H groups in total. The van der Waals surface area contributed by atoms with Crippen molar-refractivity contribution in [3.8, 4) is 0 Å². The van der Waals surface area contributed by atoms with E-state index in [0.29, 0.717) is 23.4 Å². The van der Waals surface area contributed by atoms with Crippen molar-refractivity contribution in [1.82, 2.24) is 0 Å². The summed E-state index contributed by atoms with van der Waals surface area (Å²) in [6.07, 6.45) is 0. The van der Waals surface area contributed by atoms with Gasteiger partial charge in [0, 0.05) is 17.5 Å². The van der Waals surface area contributed by atoms with Crippen LogP contribution >= 0.6 is 0 Å². The molecule has 0 saturated heterocycles. The highest BCUT2D eigenvalue weighted by Crippen LogP contribution is 2.32. The fraction of sp³-hybridized carbons (Fsp3) is 0.0455. The van der Waals surface area contributed by atoms with E-state index in [-0.39, 0.29) is 17.4 Å². The van der Waals surface area contributed by atoms with Gasteiger partial charge in [-0.3, -0.25) is 4.79 Å². The summed E-state index contributed by atoms with van der Waals surface area (Å²) in [5, 5.41) is 4.17. The van der Waals surface area contributed by atoms with E-state index in [2.05, 4.69) is 5.32 Å². The van der Waals surface area contributed by atoms with Crippen LogP contribution in [0.4, 0.5) is 10.1 Å². The van der Waals surface area contributed by atoms with Crippen LogP contribution in [0.1, 0.15) is 21.7 Å². The number of carbonyl (C=O) groups excluding carboxylic acids is 1. The molecule has 0 fully saturated rings. The van der Waals surface area contributed by atoms with Gasteiger partial charge in [0.1, 0.15) is 11.4 Å². The maximum Gasteiger partial charge on any atom is 0.230 e. The first kappa shape index (κ1) is 16.1. The van der Waals surface area contributed by atoms with Gasteiger partial charge in [-0.15, -0.1) is 0 Å². The second-order valence-electron chi connectivity index (χ2n) is 5.98. The van der Waals surface area contributed by atoms with Crippen LogP contribution in [0.25, 0.3) is 11.0 Å². The Balaban J connectivity index is 1.73. The number of benzene rings is 3. The van der Waals surface area contributed by atoms with Crippen LogP contribution in [0.2, 0.25) is 0 Å². The molecule has 4 heteroatoms. The maximum atomic E-state index is 13.2. The highest BCUT2D eigenvalue weighted by molar-refractivity contribution is 6.14. The largest absolute Gasteiger partial charge is 0.450 e. The summed E-state index contributed by atoms with van der Waals surface area (Å²) < 4.78 is 19.0. The minimum absolute atomic E-state index is 0.230. The van der Waals surface area contributed by atoms with E-state index in [9.17, 15) is 9.18 Å². The van der Waals surface area contributed by atoms with Crippen LogP contribution < -0.4 is 5.32 Å². The van der Waals surface area contributed by atoms with Crippen molar-refractivity contribution in [2.45, 2.75) is 6.54 Å². The molecule has 0 saturated carbocycles. The number of anilines is 1. The zero-order chi connectivity index (χ0) is 17.9. The van der Waals surface area contributed by atoms with Crippen LogP contribution in [0, 0.1) is 5.82 Å². The van der Waals surface area contributed by atoms with Gasteiger partial charge in [-0.05, 0) is 42.0 Å². The molecule has 0 radical (unpaired) electrons. The second kappa shape index (κ2) is 6.84. The molecule has 1 aromatic heterocycles. The predicted octanol–water partition coefficient (Wildman–Crippen LogP) is 5.42. The summed E-state index contributed by atoms with van der Waals surface area (Å²) >= 11 is 0. The number of para-hydroxylation sites is 1. The Morgan fingerprint density at radius 3 is 2.35 bits per heavy atom. The van der Waals surface area contributed by atoms with E-state index in [4.69, 9.17) is 4.42 Å². The Hall–Kier alpha value is -3.40. The molecule has 0 unspecified atom stereocenters. The summed E-state index contributed by atoms with van der Waals surface area (Å²) in [7, 11) is 0. The summed E-state index contributed by atoms with van der Waals surface area (Å²) in [5.41, 5.74) is 2.76. The maximum absolute atomic E-state index is 13.2. The Morgan fingerprint density at radius 2 is 1.58 bits per heavy atom. The molecule has 0 aliphatic heterocycles. The monoisotopic (exact) mass is 345 g/mol. The Morgan fingerprint density at radius 1 is 0.885 bits per heavy atom. The SMILES string of the molecule is O=C(c1ccc(F)cc1)c1oc2ccccc2c1NCc1ccccc1. The number of carbonyl (C=O) groups is 1. The zero-order valence-corrected chi connectivity index (χ0v) is 13.9. The van der Waals surface area contributed by atoms with Gasteiger partial charge in [-0.25, -0.2) is 4.39 Å². The van der Waals surface area contributed by atoms with Crippen molar-refractivity contribution in [3.63, 3.8) is 0 Å². The molecule has 0 amide bonds. The Kier molecular flexibility index (Phi) is 4.23. The minimum Gasteiger partial charge on any atom is -0.450 e. The molecule has 0 bridgehead atoms. The number of nitrogens with one attached hydrogen (secondary N) is 1. The van der Waals surface area contributed by atoms with E-state index in [1.165, 1.54) is 24.3 Å². The number of halogens is 1. The van der Waals surface area contributed by atoms with Crippen molar-refractivity contribution in [2.75, 3.05) is 5.32 Å². The number of furan rings is 1. The molecule has 128 valence electrons. The lowest BCUT2D eigenvalue weighted by molar-refractivity contribution is 0.101. The molecular formula is C22H16FNO2. The lowest BCUT2D eigenvalue weighted by Crippen LogP contribution is -2.06. The predicted molar refractivity (Wildman–Crippen MR) is 99.8 cm³/mol. The van der Waals surface area contributed by atoms with Gasteiger partial charge < -0.3 is 9.73 Å². The van der Waals surface area contributed by atoms with E-state index in [1.807, 2.05) is 54.6 Å². The third-order valence-electron chi connectivity index (χ3n) is 4.22. The Labute approximate surface area is 150 Å². The molecule has 4 rings (SSSR count). The zero-order valence-electron chi connectivity index (χ0n) is 13.9. The molecular weight excluding hydrogens is 329 g/mol. The fourth-order valence-corrected chi connectivity index (χ4v) is 2.90. The quantitative estimate of drug-likeness (QED) is 0.491. The van der Waals surface area contributed by atoms with Crippen LogP contribution in [0.5, 0.6) is 0 Å². The van der Waals surface area contributed by atoms with Gasteiger partial charge in [0.05, 0.1) is 5.69 Å². The van der Waals surface area contributed by atoms with Crippen molar-refractivity contribution >= 4 is 22.4 Å². The minimum atomic E-state index is -0.381. The highest BCUT2D eigenvalue weighted by Gasteiger charge is 2.21. The molecule has 4 aromatic rings. The average molecular weight is 345 g/mol. The third kappa shape index (κ3) is 3.09. The van der Waals surface area contributed by atoms with Gasteiger partial charge in [-0.1, -0.05) is 42.5 Å². The van der Waals surface area contributed by atoms with Crippen LogP contribution in [-0.4, -0.2) is 5.78 Å². The van der Waals surface area contributed by atoms with Crippen molar-refractivity contribution in [3.05, 3.63) is 102 Å². The molecule has 0 aliphatic rings. The smallest absolute Gasteiger partial charge is 0.230 e. The fourth-order valence-electron chi connectivity index (χ4n) is 2.90. The summed E-state index contributed by atoms with van der Waals surface area (Å²) in [6, 6.07) is 22.9. The average Bonchev–Trinajstić information content (AvgIpc) is 3.06. The van der Waals surface area contributed by atoms with Crippen molar-refractivity contribution < 1.29 is 13.6 Å². The molecule has 1 heterocycles. The standard InChI is InChI=1S/C22H16FNO2/c23-17-12-10-16(11-13-17)21(25)22-20(18-8-4-5-9-19(18)26-22)24-14-15-6-2-1-3-7-15/h1-13,24H,14H2. The molecule has 0 aliphatic carbocycles. The summed E-state index contributed by atoms with van der Waals surface area (Å²) in [4.78, 5) is 12.9. The normalized spacial score (nSPS) is 10.8. The number of hydrogen-bond donors (Lipinski definition) is 1. The summed E-state index contributed by atoms with van der Waals surface area (Å²) in [5.74, 6) is -0.431. The molecule has 0 atom stereocenters. The van der Waals surface area contributed by atoms with Gasteiger partial charge in [-0.2, -0.15) is 0 Å². The van der Waals surface area contributed by atoms with Crippen molar-refractivity contribution in [1.29, 1.82) is 0 Å². The van der Waals surface area contributed by atoms with Crippen molar-refractivity contribution in [2.24, 2.45) is 0 Å². The first-order valence-corrected chi connectivity index (χ1v) is 8.32. The first-order valence-electron chi connectivity index (χ1n) is 8.32.